The summed E-state index contributed by atoms with van der Waals surface area (Å²) in [6, 6.07) is 3.65. The maximum absolute atomic E-state index is 13.9. The zero-order valence-electron chi connectivity index (χ0n) is 25.3. The van der Waals surface area contributed by atoms with E-state index in [1.165, 1.54) is 13.1 Å². The molecule has 1 atom stereocenters. The molecule has 1 aliphatic heterocycles. The van der Waals surface area contributed by atoms with Crippen molar-refractivity contribution in [3.8, 4) is 0 Å². The second-order valence-electron chi connectivity index (χ2n) is 11.6. The minimum absolute atomic E-state index is 0.0166. The monoisotopic (exact) mass is 682 g/mol. The quantitative estimate of drug-likeness (QED) is 0.185. The molecule has 0 saturated carbocycles. The normalized spacial score (nSPS) is 16.0. The Kier molecular flexibility index (Phi) is 10.3. The highest BCUT2D eigenvalue weighted by Crippen LogP contribution is 2.39. The SMILES string of the molecule is CC(C)[C@@H](c1ccc(C(F)(F)F)cc1CN(Cc1cc(C(F)(F)F)cc(C(F)(F)F)c1)c1nnn(C)n1)N1CCC(OC(=O)O)CC1. The van der Waals surface area contributed by atoms with E-state index >= 15 is 0 Å². The number of rotatable bonds is 9. The molecule has 0 bridgehead atoms. The molecule has 1 fully saturated rings. The van der Waals surface area contributed by atoms with Crippen molar-refractivity contribution in [3.63, 3.8) is 0 Å². The molecule has 47 heavy (non-hydrogen) atoms. The number of hydrogen-bond donors (Lipinski definition) is 1. The Morgan fingerprint density at radius 2 is 1.49 bits per heavy atom. The third-order valence-electron chi connectivity index (χ3n) is 7.72. The van der Waals surface area contributed by atoms with E-state index in [1.54, 1.807) is 0 Å². The van der Waals surface area contributed by atoms with Crippen LogP contribution in [0.2, 0.25) is 0 Å². The van der Waals surface area contributed by atoms with E-state index in [2.05, 4.69) is 15.4 Å². The number of hydrogen-bond acceptors (Lipinski definition) is 7. The number of tetrazole rings is 1. The predicted octanol–water partition coefficient (Wildman–Crippen LogP) is 7.33. The third kappa shape index (κ3) is 9.04. The van der Waals surface area contributed by atoms with Crippen LogP contribution in [0.25, 0.3) is 0 Å². The molecule has 258 valence electrons. The summed E-state index contributed by atoms with van der Waals surface area (Å²) in [4.78, 5) is 15.1. The molecule has 0 radical (unpaired) electrons. The Balaban J connectivity index is 1.79. The molecule has 3 aromatic rings. The summed E-state index contributed by atoms with van der Waals surface area (Å²) in [5.74, 6) is -0.433. The van der Waals surface area contributed by atoms with Crippen LogP contribution in [0.1, 0.15) is 66.1 Å². The number of benzene rings is 2. The molecule has 0 amide bonds. The number of anilines is 1. The van der Waals surface area contributed by atoms with Crippen molar-refractivity contribution in [1.29, 1.82) is 0 Å². The molecule has 1 aromatic heterocycles. The van der Waals surface area contributed by atoms with Gasteiger partial charge in [0.1, 0.15) is 6.10 Å². The van der Waals surface area contributed by atoms with E-state index < -0.39 is 72.2 Å². The number of carboxylic acid groups (broad SMARTS) is 1. The van der Waals surface area contributed by atoms with E-state index in [9.17, 15) is 44.3 Å². The van der Waals surface area contributed by atoms with Gasteiger partial charge >= 0.3 is 24.7 Å². The van der Waals surface area contributed by atoms with Crippen molar-refractivity contribution in [3.05, 3.63) is 69.8 Å². The summed E-state index contributed by atoms with van der Waals surface area (Å²) < 4.78 is 128. The largest absolute Gasteiger partial charge is 0.506 e. The molecular formula is C29H31F9N6O3. The van der Waals surface area contributed by atoms with Gasteiger partial charge in [0.15, 0.2) is 0 Å². The molecule has 4 rings (SSSR count). The first-order valence-electron chi connectivity index (χ1n) is 14.3. The van der Waals surface area contributed by atoms with Crippen LogP contribution >= 0.6 is 0 Å². The lowest BCUT2D eigenvalue weighted by molar-refractivity contribution is -0.143. The van der Waals surface area contributed by atoms with Crippen LogP contribution < -0.4 is 4.90 Å². The van der Waals surface area contributed by atoms with Gasteiger partial charge in [0.25, 0.3) is 5.95 Å². The van der Waals surface area contributed by atoms with Crippen LogP contribution in [0.5, 0.6) is 0 Å². The molecule has 2 heterocycles. The molecule has 0 aliphatic carbocycles. The van der Waals surface area contributed by atoms with E-state index in [4.69, 9.17) is 9.84 Å². The number of piperidine rings is 1. The van der Waals surface area contributed by atoms with Gasteiger partial charge in [0, 0.05) is 32.2 Å². The summed E-state index contributed by atoms with van der Waals surface area (Å²) >= 11 is 0. The van der Waals surface area contributed by atoms with Crippen molar-refractivity contribution in [2.45, 2.75) is 70.5 Å². The molecule has 0 spiro atoms. The second-order valence-corrected chi connectivity index (χ2v) is 11.6. The lowest BCUT2D eigenvalue weighted by Gasteiger charge is -2.40. The van der Waals surface area contributed by atoms with Gasteiger partial charge in [-0.15, -0.1) is 5.10 Å². The fourth-order valence-corrected chi connectivity index (χ4v) is 5.73. The predicted molar refractivity (Wildman–Crippen MR) is 148 cm³/mol. The maximum Gasteiger partial charge on any atom is 0.506 e. The smallest absolute Gasteiger partial charge is 0.450 e. The van der Waals surface area contributed by atoms with Gasteiger partial charge in [0.2, 0.25) is 0 Å². The van der Waals surface area contributed by atoms with E-state index in [0.717, 1.165) is 21.8 Å². The van der Waals surface area contributed by atoms with Crippen LogP contribution in [0, 0.1) is 5.92 Å². The molecule has 0 unspecified atom stereocenters. The highest BCUT2D eigenvalue weighted by atomic mass is 19.4. The molecule has 1 aliphatic rings. The Morgan fingerprint density at radius 3 is 1.96 bits per heavy atom. The standard InChI is InChI=1S/C29H31F9N6O3/c1-16(2)24(43-8-6-22(7-9-43)47-26(45)46)23-5-4-19(27(30,31)32)12-18(23)15-44(25-39-41-42(3)40-25)14-17-10-20(28(33,34)35)13-21(11-17)29(36,37)38/h4-5,10-13,16,22,24H,6-9,14-15H2,1-3H3,(H,45,46)/t24-/m0/s1. The molecule has 1 N–H and O–H groups in total. The summed E-state index contributed by atoms with van der Waals surface area (Å²) in [6.07, 6.45) is -16.3. The molecule has 1 saturated heterocycles. The minimum atomic E-state index is -5.12. The van der Waals surface area contributed by atoms with Gasteiger partial charge in [-0.1, -0.05) is 25.0 Å². The third-order valence-corrected chi connectivity index (χ3v) is 7.72. The number of aromatic nitrogens is 4. The average molecular weight is 683 g/mol. The maximum atomic E-state index is 13.9. The van der Waals surface area contributed by atoms with Gasteiger partial charge < -0.3 is 14.7 Å². The minimum Gasteiger partial charge on any atom is -0.450 e. The van der Waals surface area contributed by atoms with Crippen LogP contribution in [-0.2, 0) is 43.4 Å². The van der Waals surface area contributed by atoms with Gasteiger partial charge in [-0.2, -0.15) is 44.3 Å². The molecule has 9 nitrogen and oxygen atoms in total. The first-order chi connectivity index (χ1) is 21.7. The number of ether oxygens (including phenoxy) is 1. The van der Waals surface area contributed by atoms with Crippen LogP contribution in [0.3, 0.4) is 0 Å². The highest BCUT2D eigenvalue weighted by Gasteiger charge is 2.38. The van der Waals surface area contributed by atoms with E-state index in [-0.39, 0.29) is 23.5 Å². The van der Waals surface area contributed by atoms with E-state index in [1.807, 2.05) is 18.7 Å². The van der Waals surface area contributed by atoms with Crippen molar-refractivity contribution >= 4 is 12.1 Å². The summed E-state index contributed by atoms with van der Waals surface area (Å²) in [5.41, 5.74) is -4.04. The first kappa shape index (κ1) is 35.8. The fraction of sp³-hybridized carbons (Fsp3) is 0.517. The number of nitrogens with zero attached hydrogens (tertiary/aromatic N) is 6. The number of likely N-dealkylation sites (tertiary alicyclic amines) is 1. The number of carbonyl (C=O) groups is 1. The number of aryl methyl sites for hydroxylation is 1. The summed E-state index contributed by atoms with van der Waals surface area (Å²) in [7, 11) is 1.36. The molecular weight excluding hydrogens is 651 g/mol. The Labute approximate surface area is 262 Å². The molecule has 2 aromatic carbocycles. The average Bonchev–Trinajstić information content (AvgIpc) is 3.38. The zero-order valence-corrected chi connectivity index (χ0v) is 25.3. The van der Waals surface area contributed by atoms with Crippen molar-refractivity contribution in [2.75, 3.05) is 18.0 Å². The van der Waals surface area contributed by atoms with Crippen LogP contribution in [0.4, 0.5) is 50.3 Å². The lowest BCUT2D eigenvalue weighted by atomic mass is 9.88. The van der Waals surface area contributed by atoms with Crippen LogP contribution in [0.15, 0.2) is 36.4 Å². The fourth-order valence-electron chi connectivity index (χ4n) is 5.73. The van der Waals surface area contributed by atoms with Crippen molar-refractivity contribution < 1.29 is 54.2 Å². The Bertz CT molecular complexity index is 1520. The summed E-state index contributed by atoms with van der Waals surface area (Å²) in [6.45, 7) is 3.30. The van der Waals surface area contributed by atoms with Gasteiger partial charge in [-0.25, -0.2) is 4.79 Å². The second kappa shape index (κ2) is 13.6. The van der Waals surface area contributed by atoms with Gasteiger partial charge in [-0.3, -0.25) is 4.90 Å². The zero-order chi connectivity index (χ0) is 34.9. The number of alkyl halides is 9. The van der Waals surface area contributed by atoms with E-state index in [0.29, 0.717) is 43.6 Å². The Morgan fingerprint density at radius 1 is 0.915 bits per heavy atom. The van der Waals surface area contributed by atoms with Gasteiger partial charge in [-0.05, 0) is 71.0 Å². The molecule has 18 heteroatoms. The topological polar surface area (TPSA) is 96.6 Å². The van der Waals surface area contributed by atoms with Crippen molar-refractivity contribution in [1.82, 2.24) is 25.1 Å². The Hall–Kier alpha value is -4.09. The summed E-state index contributed by atoms with van der Waals surface area (Å²) in [5, 5.41) is 20.5. The first-order valence-corrected chi connectivity index (χ1v) is 14.3. The van der Waals surface area contributed by atoms with Crippen molar-refractivity contribution in [2.24, 2.45) is 13.0 Å². The number of halogens is 9. The highest BCUT2D eigenvalue weighted by molar-refractivity contribution is 5.57. The van der Waals surface area contributed by atoms with Gasteiger partial charge in [0.05, 0.1) is 23.7 Å². The lowest BCUT2D eigenvalue weighted by Crippen LogP contribution is -2.42. The van der Waals surface area contributed by atoms with Crippen LogP contribution in [-0.4, -0.2) is 55.6 Å².